The van der Waals surface area contributed by atoms with Crippen molar-refractivity contribution in [2.24, 2.45) is 0 Å². The van der Waals surface area contributed by atoms with E-state index < -0.39 is 5.97 Å². The van der Waals surface area contributed by atoms with Crippen LogP contribution in [0.4, 0.5) is 0 Å². The van der Waals surface area contributed by atoms with E-state index in [2.05, 4.69) is 4.98 Å². The number of imidazole rings is 1. The second-order valence-electron chi connectivity index (χ2n) is 4.92. The lowest BCUT2D eigenvalue weighted by Gasteiger charge is -2.06. The highest BCUT2D eigenvalue weighted by Gasteiger charge is 2.17. The number of phenols is 1. The zero-order valence-corrected chi connectivity index (χ0v) is 11.9. The lowest BCUT2D eigenvalue weighted by molar-refractivity contribution is 0.0693. The first-order chi connectivity index (χ1) is 10.5. The van der Waals surface area contributed by atoms with Gasteiger partial charge in [-0.3, -0.25) is 4.40 Å². The fourth-order valence-electron chi connectivity index (χ4n) is 2.20. The molecule has 0 amide bonds. The molecule has 6 heteroatoms. The topological polar surface area (TPSA) is 84.1 Å². The summed E-state index contributed by atoms with van der Waals surface area (Å²) >= 11 is 0. The molecule has 0 unspecified atom stereocenters. The highest BCUT2D eigenvalue weighted by Crippen LogP contribution is 2.19. The van der Waals surface area contributed by atoms with Crippen molar-refractivity contribution in [3.63, 3.8) is 0 Å². The monoisotopic (exact) mass is 298 g/mol. The van der Waals surface area contributed by atoms with Gasteiger partial charge >= 0.3 is 5.97 Å². The van der Waals surface area contributed by atoms with Gasteiger partial charge in [0.1, 0.15) is 18.1 Å². The number of carboxylic acid groups (broad SMARTS) is 1. The van der Waals surface area contributed by atoms with Crippen LogP contribution < -0.4 is 4.74 Å². The molecule has 2 heterocycles. The maximum atomic E-state index is 11.3. The van der Waals surface area contributed by atoms with E-state index in [-0.39, 0.29) is 18.1 Å². The molecule has 1 aromatic carbocycles. The first-order valence-corrected chi connectivity index (χ1v) is 6.67. The van der Waals surface area contributed by atoms with Gasteiger partial charge in [0, 0.05) is 6.20 Å². The van der Waals surface area contributed by atoms with Gasteiger partial charge in [-0.25, -0.2) is 9.78 Å². The molecule has 0 bridgehead atoms. The minimum atomic E-state index is -1.07. The van der Waals surface area contributed by atoms with Gasteiger partial charge in [0.15, 0.2) is 11.5 Å². The largest absolute Gasteiger partial charge is 0.508 e. The van der Waals surface area contributed by atoms with E-state index in [9.17, 15) is 15.0 Å². The van der Waals surface area contributed by atoms with Gasteiger partial charge in [-0.2, -0.15) is 0 Å². The summed E-state index contributed by atoms with van der Waals surface area (Å²) in [6, 6.07) is 9.96. The van der Waals surface area contributed by atoms with Crippen LogP contribution in [0.15, 0.2) is 42.6 Å². The predicted molar refractivity (Wildman–Crippen MR) is 79.3 cm³/mol. The smallest absolute Gasteiger partial charge is 0.356 e. The second kappa shape index (κ2) is 5.40. The minimum absolute atomic E-state index is 0.00741. The molecule has 0 saturated heterocycles. The van der Waals surface area contributed by atoms with Crippen molar-refractivity contribution in [1.29, 1.82) is 0 Å². The van der Waals surface area contributed by atoms with Crippen molar-refractivity contribution < 1.29 is 19.7 Å². The molecule has 6 nitrogen and oxygen atoms in total. The van der Waals surface area contributed by atoms with Gasteiger partial charge in [0.05, 0.1) is 5.52 Å². The number of hydrogen-bond donors (Lipinski definition) is 2. The molecule has 0 saturated carbocycles. The quantitative estimate of drug-likeness (QED) is 0.773. The third-order valence-corrected chi connectivity index (χ3v) is 3.28. The maximum absolute atomic E-state index is 11.3. The van der Waals surface area contributed by atoms with Crippen LogP contribution in [-0.4, -0.2) is 25.6 Å². The number of phenolic OH excluding ortho intramolecular Hbond substituents is 1. The minimum Gasteiger partial charge on any atom is -0.508 e. The van der Waals surface area contributed by atoms with Crippen molar-refractivity contribution in [2.45, 2.75) is 13.5 Å². The van der Waals surface area contributed by atoms with Crippen LogP contribution in [0.25, 0.3) is 5.52 Å². The number of nitrogens with zero attached hydrogens (tertiary/aromatic N) is 2. The third kappa shape index (κ3) is 2.58. The summed E-state index contributed by atoms with van der Waals surface area (Å²) in [6.07, 6.45) is 1.78. The van der Waals surface area contributed by atoms with Crippen molar-refractivity contribution in [2.75, 3.05) is 0 Å². The average molecular weight is 298 g/mol. The Morgan fingerprint density at radius 3 is 2.68 bits per heavy atom. The fourth-order valence-corrected chi connectivity index (χ4v) is 2.20. The SMILES string of the molecule is Cc1ccn2c(COc3ccc(O)cc3)nc(C(=O)O)c2c1. The summed E-state index contributed by atoms with van der Waals surface area (Å²) < 4.78 is 7.30. The summed E-state index contributed by atoms with van der Waals surface area (Å²) in [4.78, 5) is 15.5. The fraction of sp³-hybridized carbons (Fsp3) is 0.125. The van der Waals surface area contributed by atoms with Crippen LogP contribution in [0, 0.1) is 6.92 Å². The van der Waals surface area contributed by atoms with E-state index in [0.29, 0.717) is 17.1 Å². The van der Waals surface area contributed by atoms with Crippen LogP contribution in [0.1, 0.15) is 21.9 Å². The van der Waals surface area contributed by atoms with Crippen molar-refractivity contribution in [1.82, 2.24) is 9.38 Å². The Labute approximate surface area is 126 Å². The van der Waals surface area contributed by atoms with Crippen LogP contribution in [0.3, 0.4) is 0 Å². The highest BCUT2D eigenvalue weighted by molar-refractivity contribution is 5.93. The van der Waals surface area contributed by atoms with Gasteiger partial charge < -0.3 is 14.9 Å². The molecule has 0 radical (unpaired) electrons. The molecule has 0 aliphatic heterocycles. The molecule has 112 valence electrons. The van der Waals surface area contributed by atoms with Gasteiger partial charge in [0.2, 0.25) is 0 Å². The molecule has 0 fully saturated rings. The molecule has 3 rings (SSSR count). The first kappa shape index (κ1) is 13.9. The summed E-state index contributed by atoms with van der Waals surface area (Å²) in [5, 5.41) is 18.5. The lowest BCUT2D eigenvalue weighted by atomic mass is 10.2. The van der Waals surface area contributed by atoms with Gasteiger partial charge in [-0.1, -0.05) is 0 Å². The summed E-state index contributed by atoms with van der Waals surface area (Å²) in [5.41, 5.74) is 1.51. The Hall–Kier alpha value is -3.02. The Balaban J connectivity index is 1.93. The summed E-state index contributed by atoms with van der Waals surface area (Å²) in [6.45, 7) is 2.02. The number of aryl methyl sites for hydroxylation is 1. The maximum Gasteiger partial charge on any atom is 0.356 e. The molecule has 22 heavy (non-hydrogen) atoms. The van der Waals surface area contributed by atoms with Crippen molar-refractivity contribution >= 4 is 11.5 Å². The van der Waals surface area contributed by atoms with Gasteiger partial charge in [0.25, 0.3) is 0 Å². The number of aromatic hydroxyl groups is 1. The average Bonchev–Trinajstić information content (AvgIpc) is 2.85. The third-order valence-electron chi connectivity index (χ3n) is 3.28. The van der Waals surface area contributed by atoms with Gasteiger partial charge in [-0.05, 0) is 48.9 Å². The molecule has 0 atom stereocenters. The number of aromatic carboxylic acids is 1. The van der Waals surface area contributed by atoms with Crippen molar-refractivity contribution in [3.05, 3.63) is 59.7 Å². The number of fused-ring (bicyclic) bond motifs is 1. The van der Waals surface area contributed by atoms with Crippen molar-refractivity contribution in [3.8, 4) is 11.5 Å². The standard InChI is InChI=1S/C16H14N2O4/c1-10-6-7-18-13(8-10)15(16(20)21)17-14(18)9-22-12-4-2-11(19)3-5-12/h2-8,19H,9H2,1H3,(H,20,21). The molecule has 0 spiro atoms. The Bertz CT molecular complexity index is 837. The van der Waals surface area contributed by atoms with Crippen LogP contribution in [-0.2, 0) is 6.61 Å². The van der Waals surface area contributed by atoms with E-state index in [1.807, 2.05) is 13.0 Å². The predicted octanol–water partition coefficient (Wildman–Crippen LogP) is 2.63. The number of pyridine rings is 1. The number of carboxylic acids is 1. The van der Waals surface area contributed by atoms with E-state index in [0.717, 1.165) is 5.56 Å². The number of rotatable bonds is 4. The van der Waals surface area contributed by atoms with Gasteiger partial charge in [-0.15, -0.1) is 0 Å². The second-order valence-corrected chi connectivity index (χ2v) is 4.92. The first-order valence-electron chi connectivity index (χ1n) is 6.67. The molecule has 3 aromatic rings. The molecule has 0 aliphatic carbocycles. The van der Waals surface area contributed by atoms with E-state index in [4.69, 9.17) is 4.74 Å². The van der Waals surface area contributed by atoms with Crippen LogP contribution in [0.5, 0.6) is 11.5 Å². The molecule has 0 aliphatic rings. The summed E-state index contributed by atoms with van der Waals surface area (Å²) in [7, 11) is 0. The Morgan fingerprint density at radius 1 is 1.27 bits per heavy atom. The molecular formula is C16H14N2O4. The number of hydrogen-bond acceptors (Lipinski definition) is 4. The van der Waals surface area contributed by atoms with E-state index in [1.54, 1.807) is 28.8 Å². The Morgan fingerprint density at radius 2 is 2.00 bits per heavy atom. The normalized spacial score (nSPS) is 10.8. The van der Waals surface area contributed by atoms with Crippen LogP contribution >= 0.6 is 0 Å². The van der Waals surface area contributed by atoms with E-state index >= 15 is 0 Å². The lowest BCUT2D eigenvalue weighted by Crippen LogP contribution is -2.01. The van der Waals surface area contributed by atoms with E-state index in [1.165, 1.54) is 12.1 Å². The molecule has 2 N–H and O–H groups in total. The number of benzene rings is 1. The zero-order chi connectivity index (χ0) is 15.7. The Kier molecular flexibility index (Phi) is 3.42. The summed E-state index contributed by atoms with van der Waals surface area (Å²) in [5.74, 6) is 0.153. The van der Waals surface area contributed by atoms with Crippen LogP contribution in [0.2, 0.25) is 0 Å². The zero-order valence-electron chi connectivity index (χ0n) is 11.9. The number of carbonyl (C=O) groups is 1. The highest BCUT2D eigenvalue weighted by atomic mass is 16.5. The number of aromatic nitrogens is 2. The number of ether oxygens (including phenoxy) is 1. The molecular weight excluding hydrogens is 284 g/mol. The molecule has 2 aromatic heterocycles.